The molecule has 0 saturated carbocycles. The van der Waals surface area contributed by atoms with Gasteiger partial charge in [0.25, 0.3) is 0 Å². The molecule has 1 aliphatic carbocycles. The van der Waals surface area contributed by atoms with Gasteiger partial charge in [-0.25, -0.2) is 0 Å². The maximum atomic E-state index is 7.15. The molecule has 2 nitrogen and oxygen atoms in total. The summed E-state index contributed by atoms with van der Waals surface area (Å²) >= 11 is 0. The zero-order valence-corrected chi connectivity index (χ0v) is 31.9. The van der Waals surface area contributed by atoms with E-state index in [2.05, 4.69) is 219 Å². The maximum Gasteiger partial charge on any atom is 0.137 e. The van der Waals surface area contributed by atoms with Crippen molar-refractivity contribution in [3.63, 3.8) is 0 Å². The van der Waals surface area contributed by atoms with E-state index >= 15 is 0 Å². The first-order valence-electron chi connectivity index (χ1n) is 19.8. The number of ether oxygens (including phenoxy) is 1. The highest BCUT2D eigenvalue weighted by molar-refractivity contribution is 6.06. The quantitative estimate of drug-likeness (QED) is 0.175. The molecule has 11 rings (SSSR count). The molecule has 2 aliphatic rings. The van der Waals surface area contributed by atoms with E-state index in [1.54, 1.807) is 0 Å². The average Bonchev–Trinajstić information content (AvgIpc) is 3.39. The molecule has 0 spiro atoms. The summed E-state index contributed by atoms with van der Waals surface area (Å²) in [6.45, 7) is 4.71. The molecule has 9 aromatic rings. The van der Waals surface area contributed by atoms with Gasteiger partial charge >= 0.3 is 0 Å². The summed E-state index contributed by atoms with van der Waals surface area (Å²) < 4.78 is 7.15. The van der Waals surface area contributed by atoms with Crippen molar-refractivity contribution in [2.24, 2.45) is 0 Å². The van der Waals surface area contributed by atoms with Gasteiger partial charge in [0.15, 0.2) is 0 Å². The molecule has 0 amide bonds. The molecule has 0 bridgehead atoms. The van der Waals surface area contributed by atoms with Crippen LogP contribution < -0.4 is 9.64 Å². The van der Waals surface area contributed by atoms with Crippen LogP contribution >= 0.6 is 0 Å². The van der Waals surface area contributed by atoms with Gasteiger partial charge in [-0.2, -0.15) is 0 Å². The van der Waals surface area contributed by atoms with Crippen LogP contribution in [0.5, 0.6) is 11.5 Å². The Balaban J connectivity index is 1.18. The van der Waals surface area contributed by atoms with Gasteiger partial charge in [0.1, 0.15) is 11.5 Å². The highest BCUT2D eigenvalue weighted by atomic mass is 16.5. The van der Waals surface area contributed by atoms with E-state index in [0.29, 0.717) is 0 Å². The third-order valence-electron chi connectivity index (χ3n) is 12.1. The molecule has 9 aromatic carbocycles. The lowest BCUT2D eigenvalue weighted by molar-refractivity contribution is 0.488. The monoisotopic (exact) mass is 729 g/mol. The lowest BCUT2D eigenvalue weighted by Crippen LogP contribution is -2.17. The second-order valence-electron chi connectivity index (χ2n) is 15.7. The van der Waals surface area contributed by atoms with Crippen molar-refractivity contribution in [1.82, 2.24) is 0 Å². The van der Waals surface area contributed by atoms with Gasteiger partial charge in [-0.3, -0.25) is 0 Å². The van der Waals surface area contributed by atoms with Crippen LogP contribution in [-0.4, -0.2) is 0 Å². The maximum absolute atomic E-state index is 7.15. The number of rotatable bonds is 5. The van der Waals surface area contributed by atoms with Gasteiger partial charge in [-0.1, -0.05) is 166 Å². The Bertz CT molecular complexity index is 3000. The van der Waals surface area contributed by atoms with Crippen molar-refractivity contribution in [3.05, 3.63) is 211 Å². The minimum absolute atomic E-state index is 0.150. The largest absolute Gasteiger partial charge is 0.456 e. The number of hydrogen-bond donors (Lipinski definition) is 0. The number of fused-ring (bicyclic) bond motifs is 9. The Morgan fingerprint density at radius 3 is 1.75 bits per heavy atom. The molecule has 2 heteroatoms. The smallest absolute Gasteiger partial charge is 0.137 e. The van der Waals surface area contributed by atoms with Gasteiger partial charge in [0, 0.05) is 33.5 Å². The zero-order valence-electron chi connectivity index (χ0n) is 31.9. The molecule has 1 heterocycles. The first-order valence-corrected chi connectivity index (χ1v) is 19.8. The first kappa shape index (κ1) is 33.2. The zero-order chi connectivity index (χ0) is 38.1. The van der Waals surface area contributed by atoms with E-state index in [1.807, 2.05) is 0 Å². The van der Waals surface area contributed by atoms with E-state index in [9.17, 15) is 0 Å². The summed E-state index contributed by atoms with van der Waals surface area (Å²) in [7, 11) is 0. The Morgan fingerprint density at radius 1 is 0.368 bits per heavy atom. The van der Waals surface area contributed by atoms with Gasteiger partial charge < -0.3 is 9.64 Å². The van der Waals surface area contributed by atoms with Crippen molar-refractivity contribution in [2.45, 2.75) is 19.3 Å². The molecule has 0 unspecified atom stereocenters. The molecule has 0 fully saturated rings. The molecular weight excluding hydrogens is 691 g/mol. The predicted octanol–water partition coefficient (Wildman–Crippen LogP) is 15.4. The minimum Gasteiger partial charge on any atom is -0.456 e. The molecule has 0 aromatic heterocycles. The van der Waals surface area contributed by atoms with Crippen molar-refractivity contribution >= 4 is 27.8 Å². The van der Waals surface area contributed by atoms with Crippen molar-refractivity contribution in [2.75, 3.05) is 4.90 Å². The molecule has 0 saturated heterocycles. The van der Waals surface area contributed by atoms with Gasteiger partial charge in [0.05, 0.1) is 5.69 Å². The lowest BCUT2D eigenvalue weighted by Gasteiger charge is -2.30. The molecule has 1 aliphatic heterocycles. The highest BCUT2D eigenvalue weighted by Gasteiger charge is 2.36. The van der Waals surface area contributed by atoms with E-state index in [0.717, 1.165) is 50.6 Å². The van der Waals surface area contributed by atoms with Crippen LogP contribution in [0.4, 0.5) is 17.1 Å². The van der Waals surface area contributed by atoms with Crippen molar-refractivity contribution in [3.8, 4) is 67.1 Å². The normalized spacial score (nSPS) is 13.0. The summed E-state index contributed by atoms with van der Waals surface area (Å²) in [5, 5.41) is 2.33. The highest BCUT2D eigenvalue weighted by Crippen LogP contribution is 2.56. The summed E-state index contributed by atoms with van der Waals surface area (Å²) in [6.07, 6.45) is 0. The first-order chi connectivity index (χ1) is 28.0. The second kappa shape index (κ2) is 13.0. The predicted molar refractivity (Wildman–Crippen MR) is 238 cm³/mol. The molecule has 0 N–H and O–H groups in total. The summed E-state index contributed by atoms with van der Waals surface area (Å²) in [4.78, 5) is 2.43. The average molecular weight is 730 g/mol. The number of nitrogens with zero attached hydrogens (tertiary/aromatic N) is 1. The number of hydrogen-bond acceptors (Lipinski definition) is 2. The fourth-order valence-corrected chi connectivity index (χ4v) is 9.28. The SMILES string of the molecule is CC1(C)c2ccccc2-c2ccc(N(c3ccc(-c4ccccc4)cc3)c3cccc4c3-c3cccc(-c5ccccc5)c3-c3cc5ccccc5cc3O4)cc21. The number of benzene rings is 9. The van der Waals surface area contributed by atoms with Gasteiger partial charge in [-0.05, 0) is 109 Å². The van der Waals surface area contributed by atoms with Crippen molar-refractivity contribution < 1.29 is 4.74 Å². The van der Waals surface area contributed by atoms with E-state index in [1.165, 1.54) is 55.5 Å². The van der Waals surface area contributed by atoms with Crippen LogP contribution in [0.3, 0.4) is 0 Å². The summed E-state index contributed by atoms with van der Waals surface area (Å²) in [5.74, 6) is 1.68. The third kappa shape index (κ3) is 5.33. The van der Waals surface area contributed by atoms with E-state index in [4.69, 9.17) is 4.74 Å². The van der Waals surface area contributed by atoms with Crippen LogP contribution in [0.25, 0.3) is 66.4 Å². The number of anilines is 3. The summed E-state index contributed by atoms with van der Waals surface area (Å²) in [5.41, 5.74) is 17.6. The Labute approximate surface area is 333 Å². The van der Waals surface area contributed by atoms with Crippen LogP contribution in [0.1, 0.15) is 25.0 Å². The van der Waals surface area contributed by atoms with Crippen LogP contribution in [-0.2, 0) is 5.41 Å². The standard InChI is InChI=1S/C55H39NO/c1-55(2)48-24-12-11-21-44(48)45-32-31-42(35-49(45)55)56(41-29-27-37(28-30-41)36-15-5-3-6-16-36)50-25-14-26-51-54(50)46-23-13-22-43(38-17-7-4-8-18-38)53(46)47-33-39-19-9-10-20-40(39)34-52(47)57-51/h3-35H,1-2H3. The lowest BCUT2D eigenvalue weighted by atomic mass is 9.82. The Hall–Kier alpha value is -7.16. The van der Waals surface area contributed by atoms with Crippen LogP contribution in [0.2, 0.25) is 0 Å². The molecule has 0 radical (unpaired) electrons. The Kier molecular flexibility index (Phi) is 7.55. The molecular formula is C55H39NO. The van der Waals surface area contributed by atoms with Gasteiger partial charge in [-0.15, -0.1) is 0 Å². The topological polar surface area (TPSA) is 12.5 Å². The minimum atomic E-state index is -0.150. The van der Waals surface area contributed by atoms with Gasteiger partial charge in [0.2, 0.25) is 0 Å². The molecule has 0 atom stereocenters. The van der Waals surface area contributed by atoms with Crippen LogP contribution in [0, 0.1) is 0 Å². The molecule has 270 valence electrons. The van der Waals surface area contributed by atoms with Crippen LogP contribution in [0.15, 0.2) is 200 Å². The fraction of sp³-hybridized carbons (Fsp3) is 0.0545. The Morgan fingerprint density at radius 2 is 0.965 bits per heavy atom. The summed E-state index contributed by atoms with van der Waals surface area (Å²) in [6, 6.07) is 72.6. The third-order valence-corrected chi connectivity index (χ3v) is 12.1. The second-order valence-corrected chi connectivity index (χ2v) is 15.7. The molecule has 57 heavy (non-hydrogen) atoms. The van der Waals surface area contributed by atoms with E-state index in [-0.39, 0.29) is 5.41 Å². The van der Waals surface area contributed by atoms with E-state index < -0.39 is 0 Å². The fourth-order valence-electron chi connectivity index (χ4n) is 9.28. The van der Waals surface area contributed by atoms with Crippen molar-refractivity contribution in [1.29, 1.82) is 0 Å².